The number of anilines is 1. The van der Waals surface area contributed by atoms with Crippen LogP contribution in [0.1, 0.15) is 23.1 Å². The van der Waals surface area contributed by atoms with Gasteiger partial charge < -0.3 is 9.88 Å². The van der Waals surface area contributed by atoms with Crippen LogP contribution in [0.25, 0.3) is 0 Å². The first-order chi connectivity index (χ1) is 15.0. The molecule has 160 valence electrons. The van der Waals surface area contributed by atoms with Crippen molar-refractivity contribution in [3.8, 4) is 0 Å². The van der Waals surface area contributed by atoms with Crippen molar-refractivity contribution in [3.63, 3.8) is 0 Å². The number of nitrogens with zero attached hydrogens (tertiary/aromatic N) is 6. The number of nitrogens with one attached hydrogen (secondary N) is 2. The van der Waals surface area contributed by atoms with Crippen molar-refractivity contribution in [1.29, 1.82) is 0 Å². The Morgan fingerprint density at radius 1 is 1.19 bits per heavy atom. The highest BCUT2D eigenvalue weighted by molar-refractivity contribution is 7.99. The van der Waals surface area contributed by atoms with Gasteiger partial charge in [-0.15, -0.1) is 10.2 Å². The summed E-state index contributed by atoms with van der Waals surface area (Å²) in [4.78, 5) is 42.6. The minimum Gasteiger partial charge on any atom is -0.345 e. The molecule has 0 radical (unpaired) electrons. The molecule has 1 aromatic carbocycles. The molecule has 0 saturated heterocycles. The number of hydrogen-bond donors (Lipinski definition) is 2. The van der Waals surface area contributed by atoms with Gasteiger partial charge >= 0.3 is 0 Å². The number of carbonyl (C=O) groups excluding carboxylic acids is 2. The first kappa shape index (κ1) is 21.8. The molecule has 0 fully saturated rings. The summed E-state index contributed by atoms with van der Waals surface area (Å²) in [5.74, 6) is 0.0366. The average Bonchev–Trinajstić information content (AvgIpc) is 3.18. The number of nitro groups is 1. The van der Waals surface area contributed by atoms with Crippen molar-refractivity contribution in [2.45, 2.75) is 25.2 Å². The van der Waals surface area contributed by atoms with E-state index in [4.69, 9.17) is 0 Å². The molecule has 13 heteroatoms. The summed E-state index contributed by atoms with van der Waals surface area (Å²) in [6, 6.07) is 7.10. The van der Waals surface area contributed by atoms with E-state index in [1.807, 2.05) is 6.92 Å². The number of nitro benzene ring substituents is 1. The standard InChI is InChI=1S/C18H18N8O4S/c1-2-25-14(10-21-16(28)12-5-3-6-13(9-12)26(29)30)23-24-18(25)31-11-15(27)22-17-19-7-4-8-20-17/h3-9H,2,10-11H2,1H3,(H,21,28)(H,19,20,22,27). The number of benzene rings is 1. The van der Waals surface area contributed by atoms with Crippen molar-refractivity contribution < 1.29 is 14.5 Å². The zero-order chi connectivity index (χ0) is 22.2. The molecule has 0 bridgehead atoms. The topological polar surface area (TPSA) is 158 Å². The summed E-state index contributed by atoms with van der Waals surface area (Å²) in [5, 5.41) is 24.8. The van der Waals surface area contributed by atoms with Gasteiger partial charge in [0.25, 0.3) is 11.6 Å². The van der Waals surface area contributed by atoms with E-state index >= 15 is 0 Å². The van der Waals surface area contributed by atoms with Crippen molar-refractivity contribution in [2.75, 3.05) is 11.1 Å². The van der Waals surface area contributed by atoms with Crippen LogP contribution >= 0.6 is 11.8 Å². The lowest BCUT2D eigenvalue weighted by Crippen LogP contribution is -2.25. The van der Waals surface area contributed by atoms with Crippen LogP contribution in [0.2, 0.25) is 0 Å². The van der Waals surface area contributed by atoms with Gasteiger partial charge in [0, 0.05) is 36.6 Å². The first-order valence-corrected chi connectivity index (χ1v) is 10.1. The third-order valence-corrected chi connectivity index (χ3v) is 4.95. The maximum Gasteiger partial charge on any atom is 0.270 e. The number of amides is 2. The molecule has 12 nitrogen and oxygen atoms in total. The fourth-order valence-corrected chi connectivity index (χ4v) is 3.37. The van der Waals surface area contributed by atoms with Gasteiger partial charge in [-0.2, -0.15) is 0 Å². The SMILES string of the molecule is CCn1c(CNC(=O)c2cccc([N+](=O)[O-])c2)nnc1SCC(=O)Nc1ncccn1. The number of rotatable bonds is 9. The largest absolute Gasteiger partial charge is 0.345 e. The molecule has 2 amide bonds. The van der Waals surface area contributed by atoms with Crippen molar-refractivity contribution >= 4 is 35.2 Å². The number of aromatic nitrogens is 5. The average molecular weight is 442 g/mol. The zero-order valence-corrected chi connectivity index (χ0v) is 17.2. The highest BCUT2D eigenvalue weighted by Gasteiger charge is 2.16. The molecule has 3 aromatic rings. The van der Waals surface area contributed by atoms with Crippen LogP contribution in [0.4, 0.5) is 11.6 Å². The second kappa shape index (κ2) is 10.2. The van der Waals surface area contributed by atoms with Crippen LogP contribution in [0.15, 0.2) is 47.9 Å². The normalized spacial score (nSPS) is 10.5. The van der Waals surface area contributed by atoms with E-state index in [0.29, 0.717) is 17.5 Å². The maximum absolute atomic E-state index is 12.3. The minimum atomic E-state index is -0.561. The van der Waals surface area contributed by atoms with Crippen LogP contribution in [-0.2, 0) is 17.9 Å². The van der Waals surface area contributed by atoms with Gasteiger partial charge in [-0.05, 0) is 19.1 Å². The Balaban J connectivity index is 1.58. The van der Waals surface area contributed by atoms with E-state index in [0.717, 1.165) is 0 Å². The number of carbonyl (C=O) groups is 2. The fourth-order valence-electron chi connectivity index (χ4n) is 2.55. The lowest BCUT2D eigenvalue weighted by Gasteiger charge is -2.08. The number of hydrogen-bond acceptors (Lipinski definition) is 9. The Bertz CT molecular complexity index is 1090. The Morgan fingerprint density at radius 2 is 1.97 bits per heavy atom. The van der Waals surface area contributed by atoms with E-state index in [9.17, 15) is 19.7 Å². The van der Waals surface area contributed by atoms with Crippen LogP contribution < -0.4 is 10.6 Å². The van der Waals surface area contributed by atoms with Gasteiger partial charge in [-0.25, -0.2) is 9.97 Å². The Kier molecular flexibility index (Phi) is 7.22. The summed E-state index contributed by atoms with van der Waals surface area (Å²) in [6.07, 6.45) is 3.05. The predicted molar refractivity (Wildman–Crippen MR) is 111 cm³/mol. The third kappa shape index (κ3) is 5.82. The molecule has 0 aliphatic rings. The van der Waals surface area contributed by atoms with Crippen LogP contribution in [0.3, 0.4) is 0 Å². The molecular weight excluding hydrogens is 424 g/mol. The quantitative estimate of drug-likeness (QED) is 0.285. The highest BCUT2D eigenvalue weighted by Crippen LogP contribution is 2.18. The smallest absolute Gasteiger partial charge is 0.270 e. The molecule has 2 aromatic heterocycles. The summed E-state index contributed by atoms with van der Waals surface area (Å²) < 4.78 is 1.77. The molecule has 0 saturated carbocycles. The van der Waals surface area contributed by atoms with Gasteiger partial charge in [-0.3, -0.25) is 25.0 Å². The second-order valence-corrected chi connectivity index (χ2v) is 6.98. The molecule has 31 heavy (non-hydrogen) atoms. The Morgan fingerprint density at radius 3 is 2.68 bits per heavy atom. The molecular formula is C18H18N8O4S. The van der Waals surface area contributed by atoms with Crippen molar-refractivity contribution in [1.82, 2.24) is 30.0 Å². The molecule has 3 rings (SSSR count). The van der Waals surface area contributed by atoms with Gasteiger partial charge in [0.2, 0.25) is 11.9 Å². The lowest BCUT2D eigenvalue weighted by atomic mass is 10.2. The Labute approximate surface area is 180 Å². The van der Waals surface area contributed by atoms with E-state index in [-0.39, 0.29) is 35.4 Å². The van der Waals surface area contributed by atoms with Gasteiger partial charge in [-0.1, -0.05) is 17.8 Å². The van der Waals surface area contributed by atoms with Crippen LogP contribution in [0, 0.1) is 10.1 Å². The third-order valence-electron chi connectivity index (χ3n) is 3.99. The minimum absolute atomic E-state index is 0.0764. The molecule has 0 aliphatic heterocycles. The van der Waals surface area contributed by atoms with E-state index < -0.39 is 10.8 Å². The van der Waals surface area contributed by atoms with Crippen LogP contribution in [0.5, 0.6) is 0 Å². The molecule has 0 aliphatic carbocycles. The van der Waals surface area contributed by atoms with E-state index in [1.54, 1.807) is 10.6 Å². The van der Waals surface area contributed by atoms with Gasteiger partial charge in [0.05, 0.1) is 17.2 Å². The van der Waals surface area contributed by atoms with Crippen molar-refractivity contribution in [3.05, 3.63) is 64.2 Å². The van der Waals surface area contributed by atoms with Crippen LogP contribution in [-0.4, -0.2) is 47.2 Å². The van der Waals surface area contributed by atoms with E-state index in [1.165, 1.54) is 48.4 Å². The monoisotopic (exact) mass is 442 g/mol. The van der Waals surface area contributed by atoms with E-state index in [2.05, 4.69) is 30.8 Å². The highest BCUT2D eigenvalue weighted by atomic mass is 32.2. The second-order valence-electron chi connectivity index (χ2n) is 6.04. The zero-order valence-electron chi connectivity index (χ0n) is 16.4. The summed E-state index contributed by atoms with van der Waals surface area (Å²) in [7, 11) is 0. The van der Waals surface area contributed by atoms with Crippen molar-refractivity contribution in [2.24, 2.45) is 0 Å². The number of thioether (sulfide) groups is 1. The molecule has 2 heterocycles. The predicted octanol–water partition coefficient (Wildman–Crippen LogP) is 1.66. The first-order valence-electron chi connectivity index (χ1n) is 9.12. The summed E-state index contributed by atoms with van der Waals surface area (Å²) in [5.41, 5.74) is 0.00778. The summed E-state index contributed by atoms with van der Waals surface area (Å²) in [6.45, 7) is 2.49. The summed E-state index contributed by atoms with van der Waals surface area (Å²) >= 11 is 1.19. The van der Waals surface area contributed by atoms with Gasteiger partial charge in [0.1, 0.15) is 0 Å². The van der Waals surface area contributed by atoms with Gasteiger partial charge in [0.15, 0.2) is 11.0 Å². The maximum atomic E-state index is 12.3. The molecule has 0 spiro atoms. The Hall–Kier alpha value is -3.87. The molecule has 0 unspecified atom stereocenters. The molecule has 2 N–H and O–H groups in total. The lowest BCUT2D eigenvalue weighted by molar-refractivity contribution is -0.384. The fraction of sp³-hybridized carbons (Fsp3) is 0.222. The number of non-ortho nitro benzene ring substituents is 1. The molecule has 0 atom stereocenters.